The average Bonchev–Trinajstić information content (AvgIpc) is 3.15. The molecule has 2 aromatic heterocycles. The van der Waals surface area contributed by atoms with Crippen molar-refractivity contribution in [2.45, 2.75) is 57.1 Å². The lowest BCUT2D eigenvalue weighted by Crippen LogP contribution is -2.42. The molecular weight excluding hydrogens is 436 g/mol. The van der Waals surface area contributed by atoms with Crippen molar-refractivity contribution in [1.29, 1.82) is 5.26 Å². The van der Waals surface area contributed by atoms with Crippen molar-refractivity contribution in [2.24, 2.45) is 11.1 Å². The summed E-state index contributed by atoms with van der Waals surface area (Å²) in [7, 11) is 0. The van der Waals surface area contributed by atoms with Crippen LogP contribution in [-0.4, -0.2) is 16.5 Å². The minimum Gasteiger partial charge on any atom is -0.384 e. The van der Waals surface area contributed by atoms with Gasteiger partial charge in [0, 0.05) is 28.8 Å². The molecule has 0 spiro atoms. The first-order valence-corrected chi connectivity index (χ1v) is 12.7. The van der Waals surface area contributed by atoms with E-state index in [1.165, 1.54) is 9.09 Å². The summed E-state index contributed by atoms with van der Waals surface area (Å²) in [5.74, 6) is 1.01. The first-order valence-electron chi connectivity index (χ1n) is 10.9. The summed E-state index contributed by atoms with van der Waals surface area (Å²) in [5, 5.41) is 10.3. The number of pyridine rings is 1. The Morgan fingerprint density at radius 3 is 2.78 bits per heavy atom. The summed E-state index contributed by atoms with van der Waals surface area (Å²) in [5.41, 5.74) is 10.4. The van der Waals surface area contributed by atoms with Crippen LogP contribution in [0.4, 0.5) is 5.69 Å². The molecule has 3 heterocycles. The van der Waals surface area contributed by atoms with Gasteiger partial charge in [-0.15, -0.1) is 23.1 Å². The predicted octanol–water partition coefficient (Wildman–Crippen LogP) is 5.76. The number of allylic oxidation sites excluding steroid dienone is 3. The van der Waals surface area contributed by atoms with E-state index in [0.717, 1.165) is 34.7 Å². The van der Waals surface area contributed by atoms with Gasteiger partial charge in [0.1, 0.15) is 5.82 Å². The minimum atomic E-state index is -0.419. The predicted molar refractivity (Wildman–Crippen MR) is 131 cm³/mol. The third-order valence-electron chi connectivity index (χ3n) is 6.00. The van der Waals surface area contributed by atoms with Crippen molar-refractivity contribution in [1.82, 2.24) is 4.98 Å². The van der Waals surface area contributed by atoms with Gasteiger partial charge in [0.15, 0.2) is 5.78 Å². The molecule has 1 atom stereocenters. The fourth-order valence-electron chi connectivity index (χ4n) is 4.66. The summed E-state index contributed by atoms with van der Waals surface area (Å²) in [6.45, 7) is 8.49. The third-order valence-corrected chi connectivity index (χ3v) is 8.48. The number of thiophene rings is 1. The second-order valence-corrected chi connectivity index (χ2v) is 11.6. The van der Waals surface area contributed by atoms with Crippen LogP contribution < -0.4 is 10.6 Å². The van der Waals surface area contributed by atoms with Gasteiger partial charge in [-0.3, -0.25) is 14.7 Å². The lowest BCUT2D eigenvalue weighted by Gasteiger charge is -2.43. The number of ketones is 1. The Bertz CT molecular complexity index is 1150. The van der Waals surface area contributed by atoms with Gasteiger partial charge in [0.05, 0.1) is 33.7 Å². The fourth-order valence-corrected chi connectivity index (χ4v) is 7.04. The molecule has 0 saturated carbocycles. The van der Waals surface area contributed by atoms with Crippen molar-refractivity contribution in [3.05, 3.63) is 63.7 Å². The highest BCUT2D eigenvalue weighted by Crippen LogP contribution is 2.52. The quantitative estimate of drug-likeness (QED) is 0.567. The molecule has 0 saturated heterocycles. The molecule has 0 amide bonds. The third kappa shape index (κ3) is 3.87. The van der Waals surface area contributed by atoms with Crippen LogP contribution >= 0.6 is 23.1 Å². The number of nitrogens with two attached hydrogens (primary N) is 1. The van der Waals surface area contributed by atoms with Crippen LogP contribution in [0.1, 0.15) is 56.9 Å². The minimum absolute atomic E-state index is 0.104. The molecule has 2 aromatic rings. The van der Waals surface area contributed by atoms with Gasteiger partial charge < -0.3 is 5.73 Å². The number of nitrogens with zero attached hydrogens (tertiary/aromatic N) is 3. The zero-order valence-electron chi connectivity index (χ0n) is 18.9. The van der Waals surface area contributed by atoms with Crippen molar-refractivity contribution < 1.29 is 4.79 Å². The summed E-state index contributed by atoms with van der Waals surface area (Å²) >= 11 is 3.53. The molecule has 0 bridgehead atoms. The first kappa shape index (κ1) is 22.6. The summed E-state index contributed by atoms with van der Waals surface area (Å²) in [6.07, 6.45) is 5.53. The number of aromatic nitrogens is 1. The fraction of sp³-hybridized carbons (Fsp3) is 0.400. The summed E-state index contributed by atoms with van der Waals surface area (Å²) < 4.78 is 1.18. The normalized spacial score (nSPS) is 20.4. The molecule has 4 rings (SSSR count). The molecule has 7 heteroatoms. The van der Waals surface area contributed by atoms with Crippen LogP contribution in [0, 0.1) is 16.7 Å². The van der Waals surface area contributed by atoms with Crippen LogP contribution in [0.15, 0.2) is 57.5 Å². The molecule has 0 unspecified atom stereocenters. The van der Waals surface area contributed by atoms with Crippen LogP contribution in [0.2, 0.25) is 0 Å². The lowest BCUT2D eigenvalue weighted by molar-refractivity contribution is -0.118. The topological polar surface area (TPSA) is 83.0 Å². The van der Waals surface area contributed by atoms with E-state index >= 15 is 0 Å². The van der Waals surface area contributed by atoms with Crippen molar-refractivity contribution in [3.63, 3.8) is 0 Å². The number of anilines is 1. The molecular formula is C25H28N4OS2. The lowest BCUT2D eigenvalue weighted by atomic mass is 9.69. The zero-order chi connectivity index (χ0) is 23.0. The maximum atomic E-state index is 13.6. The standard InChI is InChI=1S/C25H28N4OS2/c1-5-16-10-17(24(32-16)31-6-2)21-18(13-26)23(27)29(15-8-7-9-28-14-15)19-11-25(3,4)12-20(30)22(19)21/h7-10,14,21H,5-6,11-12,27H2,1-4H3/t21-/m1/s1. The second-order valence-electron chi connectivity index (χ2n) is 8.93. The van der Waals surface area contributed by atoms with Crippen molar-refractivity contribution >= 4 is 34.6 Å². The van der Waals surface area contributed by atoms with E-state index in [1.54, 1.807) is 35.5 Å². The average molecular weight is 465 g/mol. The molecule has 2 aliphatic rings. The Kier molecular flexibility index (Phi) is 6.19. The van der Waals surface area contributed by atoms with Crippen LogP contribution in [-0.2, 0) is 11.2 Å². The van der Waals surface area contributed by atoms with Gasteiger partial charge in [0.2, 0.25) is 0 Å². The molecule has 0 aromatic carbocycles. The molecule has 5 nitrogen and oxygen atoms in total. The van der Waals surface area contributed by atoms with E-state index < -0.39 is 5.92 Å². The number of Topliss-reactive ketones (excluding diaryl/α,β-unsaturated/α-hetero) is 1. The highest BCUT2D eigenvalue weighted by molar-refractivity contribution is 8.01. The Labute approximate surface area is 198 Å². The number of carbonyl (C=O) groups excluding carboxylic acids is 1. The van der Waals surface area contributed by atoms with Crippen molar-refractivity contribution in [3.8, 4) is 6.07 Å². The van der Waals surface area contributed by atoms with E-state index in [4.69, 9.17) is 5.73 Å². The van der Waals surface area contributed by atoms with Gasteiger partial charge in [-0.25, -0.2) is 0 Å². The molecule has 32 heavy (non-hydrogen) atoms. The number of carbonyl (C=O) groups is 1. The number of hydrogen-bond acceptors (Lipinski definition) is 7. The Hall–Kier alpha value is -2.56. The molecule has 166 valence electrons. The number of rotatable bonds is 5. The van der Waals surface area contributed by atoms with Crippen LogP contribution in [0.5, 0.6) is 0 Å². The molecule has 1 aliphatic carbocycles. The Balaban J connectivity index is 2.00. The summed E-state index contributed by atoms with van der Waals surface area (Å²) in [6, 6.07) is 8.32. The smallest absolute Gasteiger partial charge is 0.162 e. The number of aryl methyl sites for hydroxylation is 1. The largest absolute Gasteiger partial charge is 0.384 e. The van der Waals surface area contributed by atoms with E-state index in [1.807, 2.05) is 17.0 Å². The van der Waals surface area contributed by atoms with E-state index in [0.29, 0.717) is 24.2 Å². The van der Waals surface area contributed by atoms with Gasteiger partial charge in [-0.2, -0.15) is 5.26 Å². The number of thioether (sulfide) groups is 1. The van der Waals surface area contributed by atoms with E-state index in [-0.39, 0.29) is 11.2 Å². The van der Waals surface area contributed by atoms with Gasteiger partial charge in [-0.05, 0) is 47.8 Å². The maximum Gasteiger partial charge on any atom is 0.162 e. The van der Waals surface area contributed by atoms with E-state index in [9.17, 15) is 10.1 Å². The van der Waals surface area contributed by atoms with Gasteiger partial charge in [-0.1, -0.05) is 27.7 Å². The maximum absolute atomic E-state index is 13.6. The van der Waals surface area contributed by atoms with E-state index in [2.05, 4.69) is 44.8 Å². The van der Waals surface area contributed by atoms with Crippen LogP contribution in [0.25, 0.3) is 0 Å². The molecule has 1 aliphatic heterocycles. The summed E-state index contributed by atoms with van der Waals surface area (Å²) in [4.78, 5) is 21.0. The first-order chi connectivity index (χ1) is 15.3. The second kappa shape index (κ2) is 8.76. The molecule has 0 radical (unpaired) electrons. The molecule has 2 N–H and O–H groups in total. The van der Waals surface area contributed by atoms with Crippen molar-refractivity contribution in [2.75, 3.05) is 10.7 Å². The highest BCUT2D eigenvalue weighted by Gasteiger charge is 2.45. The monoisotopic (exact) mass is 464 g/mol. The Morgan fingerprint density at radius 1 is 1.38 bits per heavy atom. The number of hydrogen-bond donors (Lipinski definition) is 1. The SMILES string of the molecule is CCSc1sc(CC)cc1[C@@H]1C(C#N)=C(N)N(c2cccnc2)C2=C1C(=O)CC(C)(C)C2. The zero-order valence-corrected chi connectivity index (χ0v) is 20.6. The number of nitriles is 1. The van der Waals surface area contributed by atoms with Gasteiger partial charge in [0.25, 0.3) is 0 Å². The Morgan fingerprint density at radius 2 is 2.16 bits per heavy atom. The van der Waals surface area contributed by atoms with Crippen LogP contribution in [0.3, 0.4) is 0 Å². The van der Waals surface area contributed by atoms with Gasteiger partial charge >= 0.3 is 0 Å². The molecule has 0 fully saturated rings. The highest BCUT2D eigenvalue weighted by atomic mass is 32.2.